The predicted octanol–water partition coefficient (Wildman–Crippen LogP) is 5.25. The molecule has 0 saturated heterocycles. The number of rotatable bonds is 8. The van der Waals surface area contributed by atoms with Crippen molar-refractivity contribution in [1.29, 1.82) is 0 Å². The van der Waals surface area contributed by atoms with Crippen LogP contribution in [0.15, 0.2) is 20.9 Å². The Kier molecular flexibility index (Phi) is 8.09. The van der Waals surface area contributed by atoms with Gasteiger partial charge in [-0.25, -0.2) is 4.98 Å². The number of amides is 1. The van der Waals surface area contributed by atoms with Crippen molar-refractivity contribution in [1.82, 2.24) is 15.2 Å². The van der Waals surface area contributed by atoms with E-state index in [4.69, 9.17) is 23.2 Å². The number of aromatic nitrogens is 3. The Hall–Kier alpha value is -0.540. The van der Waals surface area contributed by atoms with Gasteiger partial charge in [0, 0.05) is 11.9 Å². The second kappa shape index (κ2) is 9.82. The molecule has 0 spiro atoms. The first kappa shape index (κ1) is 19.8. The maximum absolute atomic E-state index is 12.3. The number of nitrogens with zero attached hydrogens (tertiary/aromatic N) is 3. The third kappa shape index (κ3) is 6.07. The van der Waals surface area contributed by atoms with E-state index in [2.05, 4.69) is 27.4 Å². The highest BCUT2D eigenvalue weighted by atomic mass is 35.5. The van der Waals surface area contributed by atoms with Crippen molar-refractivity contribution >= 4 is 69.8 Å². The normalized spacial score (nSPS) is 12.2. The van der Waals surface area contributed by atoms with Crippen LogP contribution in [-0.4, -0.2) is 32.1 Å². The Morgan fingerprint density at radius 1 is 1.38 bits per heavy atom. The third-order valence-electron chi connectivity index (χ3n) is 2.81. The average Bonchev–Trinajstić information content (AvgIpc) is 2.97. The molecular weight excluding hydrogens is 407 g/mol. The van der Waals surface area contributed by atoms with E-state index in [1.54, 1.807) is 18.7 Å². The summed E-state index contributed by atoms with van der Waals surface area (Å²) in [4.78, 5) is 16.3. The second-order valence-corrected chi connectivity index (χ2v) is 9.52. The second-order valence-electron chi connectivity index (χ2n) is 4.77. The summed E-state index contributed by atoms with van der Waals surface area (Å²) in [5.74, 6) is 1.13. The zero-order chi connectivity index (χ0) is 17.5. The zero-order valence-electron chi connectivity index (χ0n) is 13.1. The number of unbranched alkanes of at least 4 members (excludes halogenated alkanes) is 1. The monoisotopic (exact) mass is 422 g/mol. The van der Waals surface area contributed by atoms with Crippen LogP contribution >= 0.6 is 58.1 Å². The van der Waals surface area contributed by atoms with Gasteiger partial charge >= 0.3 is 0 Å². The van der Waals surface area contributed by atoms with E-state index in [-0.39, 0.29) is 11.2 Å². The van der Waals surface area contributed by atoms with Gasteiger partial charge in [-0.15, -0.1) is 10.2 Å². The van der Waals surface area contributed by atoms with E-state index in [0.29, 0.717) is 15.9 Å². The van der Waals surface area contributed by atoms with Crippen LogP contribution in [0.25, 0.3) is 0 Å². The first-order chi connectivity index (χ1) is 11.5. The molecule has 130 valence electrons. The first-order valence-electron chi connectivity index (χ1n) is 7.24. The number of nitrogens with one attached hydrogen (secondary N) is 1. The van der Waals surface area contributed by atoms with Crippen LogP contribution in [0.2, 0.25) is 10.0 Å². The van der Waals surface area contributed by atoms with Crippen LogP contribution in [0.5, 0.6) is 0 Å². The Morgan fingerprint density at radius 2 is 2.12 bits per heavy atom. The lowest BCUT2D eigenvalue weighted by Gasteiger charge is -2.10. The maximum Gasteiger partial charge on any atom is 0.238 e. The van der Waals surface area contributed by atoms with Crippen molar-refractivity contribution in [2.24, 2.45) is 0 Å². The zero-order valence-corrected chi connectivity index (χ0v) is 17.0. The number of thioether (sulfide) groups is 2. The largest absolute Gasteiger partial charge is 0.308 e. The van der Waals surface area contributed by atoms with E-state index in [9.17, 15) is 4.79 Å². The van der Waals surface area contributed by atoms with Gasteiger partial charge in [0.15, 0.2) is 14.5 Å². The smallest absolute Gasteiger partial charge is 0.238 e. The SMILES string of the molecule is CCCCSc1nnc(SC(C)C(=O)Nc2ncc(Cl)cc2Cl)s1. The molecule has 1 atom stereocenters. The molecular formula is C14H16Cl2N4OS3. The average molecular weight is 423 g/mol. The summed E-state index contributed by atoms with van der Waals surface area (Å²) >= 11 is 16.4. The van der Waals surface area contributed by atoms with Gasteiger partial charge in [-0.1, -0.05) is 71.4 Å². The predicted molar refractivity (Wildman–Crippen MR) is 104 cm³/mol. The summed E-state index contributed by atoms with van der Waals surface area (Å²) in [6, 6.07) is 1.54. The molecule has 1 amide bonds. The molecule has 1 N–H and O–H groups in total. The Labute approximate surface area is 163 Å². The topological polar surface area (TPSA) is 67.8 Å². The van der Waals surface area contributed by atoms with Crippen LogP contribution < -0.4 is 5.32 Å². The van der Waals surface area contributed by atoms with Gasteiger partial charge in [-0.05, 0) is 19.4 Å². The van der Waals surface area contributed by atoms with Gasteiger partial charge in [0.2, 0.25) is 5.91 Å². The van der Waals surface area contributed by atoms with Gasteiger partial charge in [-0.3, -0.25) is 4.79 Å². The molecule has 2 rings (SSSR count). The van der Waals surface area contributed by atoms with Crippen LogP contribution in [0.4, 0.5) is 5.82 Å². The van der Waals surface area contributed by atoms with E-state index in [1.165, 1.54) is 35.4 Å². The number of carbonyl (C=O) groups excluding carboxylic acids is 1. The third-order valence-corrected chi connectivity index (χ3v) is 6.63. The van der Waals surface area contributed by atoms with Crippen molar-refractivity contribution in [3.8, 4) is 0 Å². The van der Waals surface area contributed by atoms with Crippen molar-refractivity contribution in [3.05, 3.63) is 22.3 Å². The Balaban J connectivity index is 1.89. The summed E-state index contributed by atoms with van der Waals surface area (Å²) in [6.07, 6.45) is 3.75. The lowest BCUT2D eigenvalue weighted by atomic mass is 10.4. The molecule has 0 radical (unpaired) electrons. The number of anilines is 1. The van der Waals surface area contributed by atoms with Gasteiger partial charge in [0.1, 0.15) is 0 Å². The standard InChI is InChI=1S/C14H16Cl2N4OS3/c1-3-4-5-22-13-19-20-14(24-13)23-8(2)12(21)18-11-10(16)6-9(15)7-17-11/h6-8H,3-5H2,1-2H3,(H,17,18,21). The summed E-state index contributed by atoms with van der Waals surface area (Å²) in [7, 11) is 0. The summed E-state index contributed by atoms with van der Waals surface area (Å²) in [6.45, 7) is 3.96. The number of hydrogen-bond donors (Lipinski definition) is 1. The molecule has 2 heterocycles. The molecule has 5 nitrogen and oxygen atoms in total. The van der Waals surface area contributed by atoms with Gasteiger partial charge in [0.05, 0.1) is 15.3 Å². The number of carbonyl (C=O) groups is 1. The molecule has 24 heavy (non-hydrogen) atoms. The molecule has 0 aliphatic heterocycles. The van der Waals surface area contributed by atoms with Gasteiger partial charge in [0.25, 0.3) is 0 Å². The summed E-state index contributed by atoms with van der Waals surface area (Å²) in [5.41, 5.74) is 0. The van der Waals surface area contributed by atoms with E-state index < -0.39 is 0 Å². The van der Waals surface area contributed by atoms with Crippen molar-refractivity contribution in [3.63, 3.8) is 0 Å². The quantitative estimate of drug-likeness (QED) is 0.462. The molecule has 2 aromatic rings. The minimum atomic E-state index is -0.347. The van der Waals surface area contributed by atoms with Gasteiger partial charge < -0.3 is 5.32 Å². The highest BCUT2D eigenvalue weighted by Crippen LogP contribution is 2.32. The molecule has 1 unspecified atom stereocenters. The van der Waals surface area contributed by atoms with Crippen molar-refractivity contribution < 1.29 is 4.79 Å². The fourth-order valence-corrected chi connectivity index (χ4v) is 5.28. The highest BCUT2D eigenvalue weighted by molar-refractivity contribution is 8.03. The molecule has 0 fully saturated rings. The highest BCUT2D eigenvalue weighted by Gasteiger charge is 2.19. The van der Waals surface area contributed by atoms with E-state index >= 15 is 0 Å². The Bertz CT molecular complexity index is 698. The van der Waals surface area contributed by atoms with Crippen molar-refractivity contribution in [2.75, 3.05) is 11.1 Å². The minimum Gasteiger partial charge on any atom is -0.308 e. The number of hydrogen-bond acceptors (Lipinski definition) is 7. The lowest BCUT2D eigenvalue weighted by molar-refractivity contribution is -0.115. The molecule has 2 aromatic heterocycles. The Morgan fingerprint density at radius 3 is 2.83 bits per heavy atom. The summed E-state index contributed by atoms with van der Waals surface area (Å²) < 4.78 is 1.70. The molecule has 0 aromatic carbocycles. The van der Waals surface area contributed by atoms with Crippen LogP contribution in [0.1, 0.15) is 26.7 Å². The maximum atomic E-state index is 12.3. The first-order valence-corrected chi connectivity index (χ1v) is 10.7. The molecule has 0 bridgehead atoms. The van der Waals surface area contributed by atoms with E-state index in [1.807, 2.05) is 0 Å². The summed E-state index contributed by atoms with van der Waals surface area (Å²) in [5, 5.41) is 11.3. The fraction of sp³-hybridized carbons (Fsp3) is 0.429. The lowest BCUT2D eigenvalue weighted by Crippen LogP contribution is -2.23. The number of pyridine rings is 1. The minimum absolute atomic E-state index is 0.202. The molecule has 0 saturated carbocycles. The number of halogens is 2. The van der Waals surface area contributed by atoms with Crippen LogP contribution in [0.3, 0.4) is 0 Å². The molecule has 0 aliphatic carbocycles. The van der Waals surface area contributed by atoms with Crippen molar-refractivity contribution in [2.45, 2.75) is 40.6 Å². The molecule has 0 aliphatic rings. The molecule has 10 heteroatoms. The van der Waals surface area contributed by atoms with E-state index in [0.717, 1.165) is 27.3 Å². The van der Waals surface area contributed by atoms with Crippen LogP contribution in [-0.2, 0) is 4.79 Å². The fourth-order valence-electron chi connectivity index (χ4n) is 1.54. The van der Waals surface area contributed by atoms with Gasteiger partial charge in [-0.2, -0.15) is 0 Å². The van der Waals surface area contributed by atoms with Crippen LogP contribution in [0, 0.1) is 0 Å².